The van der Waals surface area contributed by atoms with E-state index in [9.17, 15) is 9.18 Å². The highest BCUT2D eigenvalue weighted by Gasteiger charge is 2.07. The molecule has 1 aromatic heterocycles. The van der Waals surface area contributed by atoms with Crippen LogP contribution < -0.4 is 10.1 Å². The molecule has 0 unspecified atom stereocenters. The molecule has 3 aromatic rings. The molecule has 0 atom stereocenters. The number of carbonyl (C=O) groups excluding carboxylic acids is 1. The third-order valence-electron chi connectivity index (χ3n) is 3.87. The Balaban J connectivity index is 1.55. The molecule has 0 aliphatic heterocycles. The van der Waals surface area contributed by atoms with Gasteiger partial charge in [0.25, 0.3) is 5.91 Å². The average Bonchev–Trinajstić information content (AvgIpc) is 3.03. The second-order valence-corrected chi connectivity index (χ2v) is 6.09. The number of halogens is 1. The normalized spacial score (nSPS) is 11.0. The van der Waals surface area contributed by atoms with Crippen LogP contribution in [0.1, 0.15) is 25.5 Å². The zero-order valence-corrected chi connectivity index (χ0v) is 14.2. The van der Waals surface area contributed by atoms with Gasteiger partial charge in [0.05, 0.1) is 17.4 Å². The first-order valence-corrected chi connectivity index (χ1v) is 8.13. The number of imidazole rings is 1. The summed E-state index contributed by atoms with van der Waals surface area (Å²) in [6.45, 7) is 4.50. The summed E-state index contributed by atoms with van der Waals surface area (Å²) < 4.78 is 20.2. The number of amides is 1. The fraction of sp³-hybridized carbons (Fsp3) is 0.263. The number of carbonyl (C=O) groups is 1. The molecule has 3 rings (SSSR count). The summed E-state index contributed by atoms with van der Waals surface area (Å²) in [4.78, 5) is 16.3. The van der Waals surface area contributed by atoms with E-state index in [0.29, 0.717) is 18.3 Å². The van der Waals surface area contributed by atoms with Gasteiger partial charge in [0.1, 0.15) is 11.6 Å². The van der Waals surface area contributed by atoms with E-state index in [1.54, 1.807) is 0 Å². The number of nitrogens with one attached hydrogen (secondary N) is 1. The lowest BCUT2D eigenvalue weighted by atomic mass is 10.2. The number of fused-ring (bicyclic) bond motifs is 1. The van der Waals surface area contributed by atoms with Crippen LogP contribution in [-0.2, 0) is 11.3 Å². The van der Waals surface area contributed by atoms with Gasteiger partial charge in [0.15, 0.2) is 6.61 Å². The van der Waals surface area contributed by atoms with Crippen LogP contribution in [0.2, 0.25) is 0 Å². The fourth-order valence-corrected chi connectivity index (χ4v) is 2.53. The molecule has 1 N–H and O–H groups in total. The van der Waals surface area contributed by atoms with E-state index in [0.717, 1.165) is 16.6 Å². The predicted molar refractivity (Wildman–Crippen MR) is 93.9 cm³/mol. The highest BCUT2D eigenvalue weighted by atomic mass is 19.1. The molecule has 1 heterocycles. The van der Waals surface area contributed by atoms with E-state index in [4.69, 9.17) is 4.74 Å². The fourth-order valence-electron chi connectivity index (χ4n) is 2.53. The first-order chi connectivity index (χ1) is 12.0. The van der Waals surface area contributed by atoms with Gasteiger partial charge in [-0.05, 0) is 55.8 Å². The average molecular weight is 341 g/mol. The molecule has 0 saturated carbocycles. The van der Waals surface area contributed by atoms with Crippen LogP contribution in [0.25, 0.3) is 11.0 Å². The van der Waals surface area contributed by atoms with Gasteiger partial charge in [0.2, 0.25) is 0 Å². The minimum Gasteiger partial charge on any atom is -0.484 e. The summed E-state index contributed by atoms with van der Waals surface area (Å²) in [5, 5.41) is 2.80. The Labute approximate surface area is 145 Å². The van der Waals surface area contributed by atoms with E-state index in [2.05, 4.69) is 28.7 Å². The first kappa shape index (κ1) is 17.0. The van der Waals surface area contributed by atoms with Crippen LogP contribution >= 0.6 is 0 Å². The monoisotopic (exact) mass is 341 g/mol. The third kappa shape index (κ3) is 4.15. The van der Waals surface area contributed by atoms with Gasteiger partial charge in [-0.3, -0.25) is 4.79 Å². The highest BCUT2D eigenvalue weighted by molar-refractivity contribution is 5.78. The van der Waals surface area contributed by atoms with E-state index in [1.807, 2.05) is 24.5 Å². The molecular weight excluding hydrogens is 321 g/mol. The molecule has 25 heavy (non-hydrogen) atoms. The second kappa shape index (κ2) is 7.34. The molecule has 6 heteroatoms. The van der Waals surface area contributed by atoms with Crippen LogP contribution in [0.3, 0.4) is 0 Å². The lowest BCUT2D eigenvalue weighted by molar-refractivity contribution is -0.123. The van der Waals surface area contributed by atoms with Gasteiger partial charge in [0, 0.05) is 12.6 Å². The van der Waals surface area contributed by atoms with Crippen molar-refractivity contribution in [1.29, 1.82) is 0 Å². The van der Waals surface area contributed by atoms with Crippen LogP contribution in [-0.4, -0.2) is 22.1 Å². The van der Waals surface area contributed by atoms with Gasteiger partial charge in [-0.1, -0.05) is 6.07 Å². The zero-order valence-electron chi connectivity index (χ0n) is 14.2. The molecule has 2 aromatic carbocycles. The molecule has 130 valence electrons. The predicted octanol–water partition coefficient (Wildman–Crippen LogP) is 3.45. The summed E-state index contributed by atoms with van der Waals surface area (Å²) in [6.07, 6.45) is 1.83. The molecule has 0 radical (unpaired) electrons. The topological polar surface area (TPSA) is 56.2 Å². The Hall–Kier alpha value is -2.89. The first-order valence-electron chi connectivity index (χ1n) is 8.13. The molecule has 0 spiro atoms. The maximum atomic E-state index is 12.8. The van der Waals surface area contributed by atoms with Crippen molar-refractivity contribution in [3.63, 3.8) is 0 Å². The minimum atomic E-state index is -0.341. The van der Waals surface area contributed by atoms with Crippen molar-refractivity contribution in [1.82, 2.24) is 14.9 Å². The van der Waals surface area contributed by atoms with Gasteiger partial charge < -0.3 is 14.6 Å². The Bertz CT molecular complexity index is 872. The summed E-state index contributed by atoms with van der Waals surface area (Å²) >= 11 is 0. The van der Waals surface area contributed by atoms with Crippen molar-refractivity contribution < 1.29 is 13.9 Å². The number of rotatable bonds is 6. The van der Waals surface area contributed by atoms with Crippen molar-refractivity contribution in [3.05, 3.63) is 60.2 Å². The molecule has 0 bridgehead atoms. The quantitative estimate of drug-likeness (QED) is 0.747. The standard InChI is InChI=1S/C19H20FN3O2/c1-13(2)23-12-22-17-9-14(3-8-18(17)23)10-21-19(24)11-25-16-6-4-15(20)5-7-16/h3-9,12-13H,10-11H2,1-2H3,(H,21,24). The molecule has 0 fully saturated rings. The lowest BCUT2D eigenvalue weighted by Gasteiger charge is -2.09. The Morgan fingerprint density at radius 3 is 2.72 bits per heavy atom. The Kier molecular flexibility index (Phi) is 4.97. The number of nitrogens with zero attached hydrogens (tertiary/aromatic N) is 2. The second-order valence-electron chi connectivity index (χ2n) is 6.09. The van der Waals surface area contributed by atoms with Gasteiger partial charge in [-0.15, -0.1) is 0 Å². The molecule has 0 aliphatic rings. The maximum Gasteiger partial charge on any atom is 0.258 e. The van der Waals surface area contributed by atoms with E-state index in [1.165, 1.54) is 24.3 Å². The van der Waals surface area contributed by atoms with E-state index >= 15 is 0 Å². The molecular formula is C19H20FN3O2. The zero-order chi connectivity index (χ0) is 17.8. The van der Waals surface area contributed by atoms with Crippen LogP contribution in [0, 0.1) is 5.82 Å². The Morgan fingerprint density at radius 1 is 1.24 bits per heavy atom. The summed E-state index contributed by atoms with van der Waals surface area (Å²) in [7, 11) is 0. The summed E-state index contributed by atoms with van der Waals surface area (Å²) in [5.41, 5.74) is 2.95. The number of hydrogen-bond donors (Lipinski definition) is 1. The molecule has 1 amide bonds. The number of ether oxygens (including phenoxy) is 1. The third-order valence-corrected chi connectivity index (χ3v) is 3.87. The highest BCUT2D eigenvalue weighted by Crippen LogP contribution is 2.18. The molecule has 5 nitrogen and oxygen atoms in total. The van der Waals surface area contributed by atoms with Crippen LogP contribution in [0.5, 0.6) is 5.75 Å². The van der Waals surface area contributed by atoms with Gasteiger partial charge in [-0.2, -0.15) is 0 Å². The van der Waals surface area contributed by atoms with E-state index in [-0.39, 0.29) is 18.3 Å². The number of benzene rings is 2. The maximum absolute atomic E-state index is 12.8. The van der Waals surface area contributed by atoms with Crippen LogP contribution in [0.15, 0.2) is 48.8 Å². The lowest BCUT2D eigenvalue weighted by Crippen LogP contribution is -2.28. The van der Waals surface area contributed by atoms with Crippen molar-refractivity contribution in [2.24, 2.45) is 0 Å². The molecule has 0 aliphatic carbocycles. The minimum absolute atomic E-state index is 0.115. The summed E-state index contributed by atoms with van der Waals surface area (Å²) in [6, 6.07) is 11.9. The summed E-state index contributed by atoms with van der Waals surface area (Å²) in [5.74, 6) is -0.124. The van der Waals surface area contributed by atoms with Gasteiger partial charge >= 0.3 is 0 Å². The Morgan fingerprint density at radius 2 is 2.00 bits per heavy atom. The largest absolute Gasteiger partial charge is 0.484 e. The van der Waals surface area contributed by atoms with Gasteiger partial charge in [-0.25, -0.2) is 9.37 Å². The van der Waals surface area contributed by atoms with Crippen molar-refractivity contribution >= 4 is 16.9 Å². The smallest absolute Gasteiger partial charge is 0.258 e. The molecule has 0 saturated heterocycles. The SMILES string of the molecule is CC(C)n1cnc2cc(CNC(=O)COc3ccc(F)cc3)ccc21. The van der Waals surface area contributed by atoms with Crippen LogP contribution in [0.4, 0.5) is 4.39 Å². The van der Waals surface area contributed by atoms with E-state index < -0.39 is 0 Å². The number of aromatic nitrogens is 2. The number of hydrogen-bond acceptors (Lipinski definition) is 3. The van der Waals surface area contributed by atoms with Crippen molar-refractivity contribution in [2.45, 2.75) is 26.4 Å². The van der Waals surface area contributed by atoms with Crippen molar-refractivity contribution in [2.75, 3.05) is 6.61 Å². The van der Waals surface area contributed by atoms with Crippen molar-refractivity contribution in [3.8, 4) is 5.75 Å².